The van der Waals surface area contributed by atoms with Crippen LogP contribution in [0, 0.1) is 0 Å². The third-order valence-corrected chi connectivity index (χ3v) is 5.10. The Labute approximate surface area is 103 Å². The fraction of sp³-hybridized carbons (Fsp3) is 0.600. The summed E-state index contributed by atoms with van der Waals surface area (Å²) in [5, 5.41) is 0.323. The standard InChI is InChI=1S/C10H15N3OS2/c11-2-1-7-5-9(14)13-10(12-7)8-6-15-3-4-16-8/h5,8H,1-4,6,11H2,(H,12,13,14). The third kappa shape index (κ3) is 3.02. The van der Waals surface area contributed by atoms with Crippen molar-refractivity contribution in [2.45, 2.75) is 11.7 Å². The number of aromatic nitrogens is 2. The van der Waals surface area contributed by atoms with Crippen molar-refractivity contribution in [2.75, 3.05) is 23.8 Å². The van der Waals surface area contributed by atoms with E-state index in [0.29, 0.717) is 18.2 Å². The van der Waals surface area contributed by atoms with Crippen molar-refractivity contribution >= 4 is 23.5 Å². The molecule has 1 aromatic rings. The van der Waals surface area contributed by atoms with Crippen LogP contribution in [0.25, 0.3) is 0 Å². The molecule has 1 aliphatic rings. The maximum Gasteiger partial charge on any atom is 0.251 e. The van der Waals surface area contributed by atoms with E-state index < -0.39 is 0 Å². The second-order valence-corrected chi connectivity index (χ2v) is 6.06. The lowest BCUT2D eigenvalue weighted by atomic mass is 10.3. The molecule has 0 spiro atoms. The maximum atomic E-state index is 11.5. The monoisotopic (exact) mass is 257 g/mol. The SMILES string of the molecule is NCCc1cc(=O)[nH]c(C2CSCCS2)n1. The first-order valence-electron chi connectivity index (χ1n) is 5.29. The maximum absolute atomic E-state index is 11.5. The molecular weight excluding hydrogens is 242 g/mol. The van der Waals surface area contributed by atoms with Crippen LogP contribution in [0.3, 0.4) is 0 Å². The van der Waals surface area contributed by atoms with E-state index >= 15 is 0 Å². The van der Waals surface area contributed by atoms with Gasteiger partial charge in [0.05, 0.1) is 5.25 Å². The second kappa shape index (κ2) is 5.75. The average molecular weight is 257 g/mol. The largest absolute Gasteiger partial charge is 0.330 e. The number of hydrogen-bond donors (Lipinski definition) is 2. The molecule has 16 heavy (non-hydrogen) atoms. The van der Waals surface area contributed by atoms with Crippen LogP contribution in [0.5, 0.6) is 0 Å². The van der Waals surface area contributed by atoms with Gasteiger partial charge in [-0.1, -0.05) is 0 Å². The minimum atomic E-state index is -0.0652. The molecule has 3 N–H and O–H groups in total. The molecule has 2 heterocycles. The normalized spacial score (nSPS) is 20.9. The topological polar surface area (TPSA) is 71.8 Å². The van der Waals surface area contributed by atoms with Crippen molar-refractivity contribution in [1.82, 2.24) is 9.97 Å². The van der Waals surface area contributed by atoms with Crippen molar-refractivity contribution in [3.63, 3.8) is 0 Å². The Morgan fingerprint density at radius 1 is 1.56 bits per heavy atom. The van der Waals surface area contributed by atoms with Gasteiger partial charge in [-0.2, -0.15) is 11.8 Å². The summed E-state index contributed by atoms with van der Waals surface area (Å²) in [7, 11) is 0. The quantitative estimate of drug-likeness (QED) is 0.838. The summed E-state index contributed by atoms with van der Waals surface area (Å²) >= 11 is 3.78. The summed E-state index contributed by atoms with van der Waals surface area (Å²) < 4.78 is 0. The molecule has 1 aromatic heterocycles. The van der Waals surface area contributed by atoms with Gasteiger partial charge >= 0.3 is 0 Å². The highest BCUT2D eigenvalue weighted by Gasteiger charge is 2.19. The van der Waals surface area contributed by atoms with Crippen molar-refractivity contribution < 1.29 is 0 Å². The molecule has 0 amide bonds. The molecule has 0 bridgehead atoms. The zero-order chi connectivity index (χ0) is 11.4. The lowest BCUT2D eigenvalue weighted by Gasteiger charge is -2.20. The van der Waals surface area contributed by atoms with Crippen molar-refractivity contribution in [2.24, 2.45) is 5.73 Å². The highest BCUT2D eigenvalue weighted by Crippen LogP contribution is 2.34. The van der Waals surface area contributed by atoms with E-state index in [1.807, 2.05) is 23.5 Å². The van der Waals surface area contributed by atoms with E-state index in [1.165, 1.54) is 11.8 Å². The molecule has 0 saturated carbocycles. The summed E-state index contributed by atoms with van der Waals surface area (Å²) in [4.78, 5) is 18.8. The molecule has 0 aliphatic carbocycles. The van der Waals surface area contributed by atoms with Crippen LogP contribution in [-0.4, -0.2) is 33.8 Å². The number of aromatic amines is 1. The molecule has 6 heteroatoms. The van der Waals surface area contributed by atoms with Gasteiger partial charge < -0.3 is 10.7 Å². The van der Waals surface area contributed by atoms with Gasteiger partial charge in [-0.3, -0.25) is 4.79 Å². The van der Waals surface area contributed by atoms with E-state index in [-0.39, 0.29) is 5.56 Å². The summed E-state index contributed by atoms with van der Waals surface area (Å²) in [5.41, 5.74) is 6.22. The first-order chi connectivity index (χ1) is 7.79. The molecule has 2 rings (SSSR count). The van der Waals surface area contributed by atoms with E-state index in [1.54, 1.807) is 0 Å². The van der Waals surface area contributed by atoms with Gasteiger partial charge in [0.2, 0.25) is 0 Å². The molecular formula is C10H15N3OS2. The summed E-state index contributed by atoms with van der Waals surface area (Å²) in [5.74, 6) is 4.15. The van der Waals surface area contributed by atoms with E-state index in [0.717, 1.165) is 23.0 Å². The molecule has 1 saturated heterocycles. The zero-order valence-electron chi connectivity index (χ0n) is 8.94. The summed E-state index contributed by atoms with van der Waals surface area (Å²) in [6.45, 7) is 0.530. The number of nitrogens with zero attached hydrogens (tertiary/aromatic N) is 1. The Morgan fingerprint density at radius 2 is 2.44 bits per heavy atom. The molecule has 1 aliphatic heterocycles. The first kappa shape index (κ1) is 12.0. The predicted molar refractivity (Wildman–Crippen MR) is 70.1 cm³/mol. The van der Waals surface area contributed by atoms with Crippen molar-refractivity contribution in [1.29, 1.82) is 0 Å². The number of nitrogens with two attached hydrogens (primary N) is 1. The molecule has 1 atom stereocenters. The van der Waals surface area contributed by atoms with Crippen molar-refractivity contribution in [3.05, 3.63) is 27.9 Å². The molecule has 0 aromatic carbocycles. The smallest absolute Gasteiger partial charge is 0.251 e. The average Bonchev–Trinajstić information content (AvgIpc) is 2.30. The van der Waals surface area contributed by atoms with Gasteiger partial charge in [-0.15, -0.1) is 11.8 Å². The zero-order valence-corrected chi connectivity index (χ0v) is 10.6. The number of nitrogens with one attached hydrogen (secondary N) is 1. The number of hydrogen-bond acceptors (Lipinski definition) is 5. The van der Waals surface area contributed by atoms with Gasteiger partial charge in [0.15, 0.2) is 0 Å². The van der Waals surface area contributed by atoms with Crippen LogP contribution in [-0.2, 0) is 6.42 Å². The van der Waals surface area contributed by atoms with Crippen LogP contribution >= 0.6 is 23.5 Å². The molecule has 0 radical (unpaired) electrons. The number of H-pyrrole nitrogens is 1. The molecule has 88 valence electrons. The first-order valence-corrected chi connectivity index (χ1v) is 7.49. The van der Waals surface area contributed by atoms with Gasteiger partial charge in [0.25, 0.3) is 5.56 Å². The summed E-state index contributed by atoms with van der Waals surface area (Å²) in [6, 6.07) is 1.54. The van der Waals surface area contributed by atoms with Crippen LogP contribution in [0.2, 0.25) is 0 Å². The molecule has 1 fully saturated rings. The fourth-order valence-corrected chi connectivity index (χ4v) is 4.23. The minimum Gasteiger partial charge on any atom is -0.330 e. The van der Waals surface area contributed by atoms with Gasteiger partial charge in [0, 0.05) is 35.4 Å². The molecule has 1 unspecified atom stereocenters. The van der Waals surface area contributed by atoms with E-state index in [9.17, 15) is 4.79 Å². The van der Waals surface area contributed by atoms with Gasteiger partial charge in [-0.25, -0.2) is 4.98 Å². The van der Waals surface area contributed by atoms with E-state index in [2.05, 4.69) is 9.97 Å². The minimum absolute atomic E-state index is 0.0652. The predicted octanol–water partition coefficient (Wildman–Crippen LogP) is 0.792. The molecule has 4 nitrogen and oxygen atoms in total. The van der Waals surface area contributed by atoms with Crippen LogP contribution in [0.1, 0.15) is 16.8 Å². The van der Waals surface area contributed by atoms with E-state index in [4.69, 9.17) is 5.73 Å². The van der Waals surface area contributed by atoms with Crippen molar-refractivity contribution in [3.8, 4) is 0 Å². The highest BCUT2D eigenvalue weighted by molar-refractivity contribution is 8.06. The fourth-order valence-electron chi connectivity index (χ4n) is 1.60. The Balaban J connectivity index is 2.21. The second-order valence-electron chi connectivity index (χ2n) is 3.59. The highest BCUT2D eigenvalue weighted by atomic mass is 32.2. The number of thioether (sulfide) groups is 2. The van der Waals surface area contributed by atoms with Crippen LogP contribution < -0.4 is 11.3 Å². The summed E-state index contributed by atoms with van der Waals surface area (Å²) in [6.07, 6.45) is 0.668. The van der Waals surface area contributed by atoms with Crippen LogP contribution in [0.4, 0.5) is 0 Å². The Hall–Kier alpha value is -0.460. The number of rotatable bonds is 3. The van der Waals surface area contributed by atoms with Gasteiger partial charge in [-0.05, 0) is 6.54 Å². The lowest BCUT2D eigenvalue weighted by molar-refractivity contribution is 0.837. The van der Waals surface area contributed by atoms with Gasteiger partial charge in [0.1, 0.15) is 5.82 Å². The third-order valence-electron chi connectivity index (χ3n) is 2.33. The Kier molecular flexibility index (Phi) is 4.31. The van der Waals surface area contributed by atoms with Crippen LogP contribution in [0.15, 0.2) is 10.9 Å². The Bertz CT molecular complexity index is 401. The lowest BCUT2D eigenvalue weighted by Crippen LogP contribution is -2.19. The Morgan fingerprint density at radius 3 is 3.12 bits per heavy atom.